The molecule has 0 radical (unpaired) electrons. The van der Waals surface area contributed by atoms with E-state index in [0.29, 0.717) is 22.9 Å². The van der Waals surface area contributed by atoms with E-state index < -0.39 is 0 Å². The van der Waals surface area contributed by atoms with Gasteiger partial charge in [0.05, 0.1) is 11.7 Å². The second-order valence-electron chi connectivity index (χ2n) is 9.43. The Balaban J connectivity index is 1.79. The first-order valence-electron chi connectivity index (χ1n) is 9.06. The van der Waals surface area contributed by atoms with Crippen LogP contribution in [0.3, 0.4) is 0 Å². The monoisotopic (exact) mass is 292 g/mol. The van der Waals surface area contributed by atoms with Crippen molar-refractivity contribution in [3.63, 3.8) is 0 Å². The Kier molecular flexibility index (Phi) is 2.67. The van der Waals surface area contributed by atoms with E-state index in [-0.39, 0.29) is 11.4 Å². The SMILES string of the molecule is CC[C@]1(C)O[C@H]2C[C@@]34C[C@@H](C(C)(C)[C@@H]3CC[C@H]4C)[C@@]2(C)O1. The fourth-order valence-electron chi connectivity index (χ4n) is 7.06. The lowest BCUT2D eigenvalue weighted by Gasteiger charge is -2.47. The molecule has 0 aromatic rings. The zero-order valence-electron chi connectivity index (χ0n) is 14.7. The molecular formula is C19H32O2. The molecule has 0 N–H and O–H groups in total. The van der Waals surface area contributed by atoms with Crippen LogP contribution in [-0.4, -0.2) is 17.5 Å². The highest BCUT2D eigenvalue weighted by Gasteiger charge is 2.74. The molecule has 0 unspecified atom stereocenters. The van der Waals surface area contributed by atoms with Gasteiger partial charge in [0.25, 0.3) is 0 Å². The van der Waals surface area contributed by atoms with E-state index in [2.05, 4.69) is 41.5 Å². The quantitative estimate of drug-likeness (QED) is 0.693. The predicted octanol–water partition coefficient (Wildman–Crippen LogP) is 4.77. The number of fused-ring (bicyclic) bond motifs is 3. The molecule has 4 aliphatic rings. The van der Waals surface area contributed by atoms with Gasteiger partial charge in [-0.25, -0.2) is 0 Å². The zero-order chi connectivity index (χ0) is 15.3. The third-order valence-electron chi connectivity index (χ3n) is 8.31. The molecule has 7 atom stereocenters. The van der Waals surface area contributed by atoms with Crippen LogP contribution in [0, 0.1) is 28.6 Å². The van der Waals surface area contributed by atoms with E-state index in [0.717, 1.165) is 18.3 Å². The molecular weight excluding hydrogens is 260 g/mol. The molecule has 21 heavy (non-hydrogen) atoms. The van der Waals surface area contributed by atoms with E-state index in [1.54, 1.807) is 0 Å². The zero-order valence-corrected chi connectivity index (χ0v) is 14.7. The van der Waals surface area contributed by atoms with Crippen molar-refractivity contribution in [2.24, 2.45) is 28.6 Å². The Bertz CT molecular complexity index is 472. The summed E-state index contributed by atoms with van der Waals surface area (Å²) in [4.78, 5) is 0. The minimum Gasteiger partial charge on any atom is -0.344 e. The van der Waals surface area contributed by atoms with Crippen molar-refractivity contribution in [2.45, 2.75) is 91.1 Å². The van der Waals surface area contributed by atoms with E-state index in [1.807, 2.05) is 0 Å². The van der Waals surface area contributed by atoms with Crippen LogP contribution < -0.4 is 0 Å². The van der Waals surface area contributed by atoms with E-state index in [9.17, 15) is 0 Å². The summed E-state index contributed by atoms with van der Waals surface area (Å²) < 4.78 is 13.1. The smallest absolute Gasteiger partial charge is 0.166 e. The third kappa shape index (κ3) is 1.52. The van der Waals surface area contributed by atoms with Gasteiger partial charge in [-0.2, -0.15) is 0 Å². The molecule has 4 fully saturated rings. The summed E-state index contributed by atoms with van der Waals surface area (Å²) in [6.45, 7) is 14.2. The summed E-state index contributed by atoms with van der Waals surface area (Å²) in [5, 5.41) is 0. The van der Waals surface area contributed by atoms with Crippen molar-refractivity contribution in [1.82, 2.24) is 0 Å². The first-order valence-corrected chi connectivity index (χ1v) is 9.06. The maximum Gasteiger partial charge on any atom is 0.166 e. The minimum absolute atomic E-state index is 0.0798. The number of rotatable bonds is 1. The molecule has 3 aliphatic carbocycles. The van der Waals surface area contributed by atoms with Crippen LogP contribution in [-0.2, 0) is 9.47 Å². The number of hydrogen-bond donors (Lipinski definition) is 0. The molecule has 2 bridgehead atoms. The van der Waals surface area contributed by atoms with Gasteiger partial charge < -0.3 is 9.47 Å². The van der Waals surface area contributed by atoms with Crippen molar-refractivity contribution in [3.8, 4) is 0 Å². The maximum atomic E-state index is 6.63. The Morgan fingerprint density at radius 3 is 2.38 bits per heavy atom. The van der Waals surface area contributed by atoms with Crippen LogP contribution in [0.2, 0.25) is 0 Å². The molecule has 4 rings (SSSR count). The molecule has 0 aromatic carbocycles. The first kappa shape index (κ1) is 14.5. The Labute approximate surface area is 130 Å². The predicted molar refractivity (Wildman–Crippen MR) is 83.9 cm³/mol. The molecule has 2 nitrogen and oxygen atoms in total. The van der Waals surface area contributed by atoms with E-state index in [1.165, 1.54) is 25.7 Å². The second-order valence-corrected chi connectivity index (χ2v) is 9.43. The highest BCUT2D eigenvalue weighted by Crippen LogP contribution is 2.75. The molecule has 3 saturated carbocycles. The molecule has 1 heterocycles. The third-order valence-corrected chi connectivity index (χ3v) is 8.31. The fourth-order valence-corrected chi connectivity index (χ4v) is 7.06. The second kappa shape index (κ2) is 3.87. The van der Waals surface area contributed by atoms with Crippen LogP contribution in [0.5, 0.6) is 0 Å². The van der Waals surface area contributed by atoms with E-state index >= 15 is 0 Å². The highest BCUT2D eigenvalue weighted by atomic mass is 16.8. The standard InChI is InChI=1S/C19H32O2/c1-7-17(5)20-15-11-19-10-14(18(15,6)21-17)16(3,4)13(19)9-8-12(19)2/h12-15H,7-11H2,1-6H3/t12-,13+,14+,15+,17-,18-,19-/m1/s1. The van der Waals surface area contributed by atoms with Crippen LogP contribution in [0.25, 0.3) is 0 Å². The van der Waals surface area contributed by atoms with Crippen molar-refractivity contribution in [3.05, 3.63) is 0 Å². The largest absolute Gasteiger partial charge is 0.344 e. The molecule has 1 aliphatic heterocycles. The first-order chi connectivity index (χ1) is 9.68. The fraction of sp³-hybridized carbons (Fsp3) is 1.00. The average molecular weight is 292 g/mol. The normalized spacial score (nSPS) is 60.9. The van der Waals surface area contributed by atoms with Crippen molar-refractivity contribution in [1.29, 1.82) is 0 Å². The molecule has 120 valence electrons. The average Bonchev–Trinajstić information content (AvgIpc) is 2.92. The van der Waals surface area contributed by atoms with Gasteiger partial charge in [0.1, 0.15) is 0 Å². The summed E-state index contributed by atoms with van der Waals surface area (Å²) >= 11 is 0. The molecule has 0 amide bonds. The molecule has 2 heteroatoms. The lowest BCUT2D eigenvalue weighted by atomic mass is 9.63. The van der Waals surface area contributed by atoms with Crippen LogP contribution in [0.1, 0.15) is 73.6 Å². The Morgan fingerprint density at radius 1 is 1.00 bits per heavy atom. The minimum atomic E-state index is -0.367. The highest BCUT2D eigenvalue weighted by molar-refractivity contribution is 5.21. The lowest BCUT2D eigenvalue weighted by molar-refractivity contribution is -0.190. The van der Waals surface area contributed by atoms with Gasteiger partial charge in [-0.15, -0.1) is 0 Å². The van der Waals surface area contributed by atoms with Gasteiger partial charge >= 0.3 is 0 Å². The van der Waals surface area contributed by atoms with Gasteiger partial charge in [0, 0.05) is 0 Å². The van der Waals surface area contributed by atoms with Gasteiger partial charge in [-0.05, 0) is 74.5 Å². The topological polar surface area (TPSA) is 18.5 Å². The summed E-state index contributed by atoms with van der Waals surface area (Å²) in [5.41, 5.74) is 0.834. The summed E-state index contributed by atoms with van der Waals surface area (Å²) in [5.74, 6) is 2.00. The number of hydrogen-bond acceptors (Lipinski definition) is 2. The molecule has 0 aromatic heterocycles. The molecule has 1 spiro atoms. The van der Waals surface area contributed by atoms with Gasteiger partial charge in [-0.3, -0.25) is 0 Å². The summed E-state index contributed by atoms with van der Waals surface area (Å²) in [6, 6.07) is 0. The summed E-state index contributed by atoms with van der Waals surface area (Å²) in [7, 11) is 0. The van der Waals surface area contributed by atoms with Crippen LogP contribution >= 0.6 is 0 Å². The van der Waals surface area contributed by atoms with Gasteiger partial charge in [0.15, 0.2) is 5.79 Å². The number of ether oxygens (including phenoxy) is 2. The van der Waals surface area contributed by atoms with Crippen LogP contribution in [0.4, 0.5) is 0 Å². The van der Waals surface area contributed by atoms with Crippen LogP contribution in [0.15, 0.2) is 0 Å². The molecule has 1 saturated heterocycles. The van der Waals surface area contributed by atoms with Crippen molar-refractivity contribution in [2.75, 3.05) is 0 Å². The Hall–Kier alpha value is -0.0800. The van der Waals surface area contributed by atoms with E-state index in [4.69, 9.17) is 9.47 Å². The van der Waals surface area contributed by atoms with Crippen molar-refractivity contribution >= 4 is 0 Å². The summed E-state index contributed by atoms with van der Waals surface area (Å²) in [6.07, 6.45) is 6.66. The lowest BCUT2D eigenvalue weighted by Crippen LogP contribution is -2.52. The Morgan fingerprint density at radius 2 is 1.71 bits per heavy atom. The maximum absolute atomic E-state index is 6.63. The van der Waals surface area contributed by atoms with Crippen molar-refractivity contribution < 1.29 is 9.47 Å². The van der Waals surface area contributed by atoms with Gasteiger partial charge in [0.2, 0.25) is 0 Å². The van der Waals surface area contributed by atoms with Gasteiger partial charge in [-0.1, -0.05) is 27.7 Å².